The molecule has 13 heavy (non-hydrogen) atoms. The minimum Gasteiger partial charge on any atom is -0.154 e. The monoisotopic (exact) mass is 271 g/mol. The second-order valence-corrected chi connectivity index (χ2v) is 2.99. The maximum absolute atomic E-state index is 3.92. The van der Waals surface area contributed by atoms with Gasteiger partial charge >= 0.3 is 0 Å². The average molecular weight is 269 g/mol. The summed E-state index contributed by atoms with van der Waals surface area (Å²) in [6.45, 7) is 0. The van der Waals surface area contributed by atoms with Crippen LogP contribution in [0.25, 0.3) is 0 Å². The van der Waals surface area contributed by atoms with Crippen LogP contribution < -0.4 is 11.1 Å². The third-order valence-electron chi connectivity index (χ3n) is 1.49. The van der Waals surface area contributed by atoms with Gasteiger partial charge in [0.15, 0.2) is 0 Å². The Bertz CT molecular complexity index is 338. The molecular formula is C8H6BMoN2S. The molecular weight excluding hydrogens is 263 g/mol. The van der Waals surface area contributed by atoms with Crippen molar-refractivity contribution in [3.8, 4) is 0 Å². The van der Waals surface area contributed by atoms with E-state index in [1.54, 1.807) is 0 Å². The van der Waals surface area contributed by atoms with Gasteiger partial charge < -0.3 is 0 Å². The summed E-state index contributed by atoms with van der Waals surface area (Å²) in [5, 5.41) is 5.85. The van der Waals surface area contributed by atoms with Crippen molar-refractivity contribution in [2.24, 2.45) is 0 Å². The van der Waals surface area contributed by atoms with E-state index in [2.05, 4.69) is 9.59 Å². The minimum atomic E-state index is 0. The number of nitrogens with zero attached hydrogens (tertiary/aromatic N) is 2. The molecule has 0 unspecified atom stereocenters. The van der Waals surface area contributed by atoms with Crippen LogP contribution in [0.4, 0.5) is 0 Å². The third-order valence-corrected chi connectivity index (χ3v) is 2.01. The van der Waals surface area contributed by atoms with E-state index in [0.717, 1.165) is 11.1 Å². The van der Waals surface area contributed by atoms with Crippen LogP contribution in [0.15, 0.2) is 35.7 Å². The quantitative estimate of drug-likeness (QED) is 0.727. The Morgan fingerprint density at radius 1 is 1.15 bits per heavy atom. The van der Waals surface area contributed by atoms with E-state index >= 15 is 0 Å². The summed E-state index contributed by atoms with van der Waals surface area (Å²) in [5.41, 5.74) is 2.08. The second kappa shape index (κ2) is 5.30. The molecule has 0 atom stereocenters. The summed E-state index contributed by atoms with van der Waals surface area (Å²) in [6, 6.07) is 10.1. The molecule has 0 fully saturated rings. The van der Waals surface area contributed by atoms with Crippen LogP contribution >= 0.6 is 11.5 Å². The predicted octanol–water partition coefficient (Wildman–Crippen LogP) is 0.191. The normalized spacial score (nSPS) is 8.92. The Labute approximate surface area is 96.1 Å². The molecule has 0 saturated carbocycles. The minimum absolute atomic E-state index is 0. The fourth-order valence-corrected chi connectivity index (χ4v) is 1.37. The SMILES string of the molecule is [B](c1ccccc1)c1csnn1.[Mo]. The van der Waals surface area contributed by atoms with Crippen LogP contribution in [-0.2, 0) is 21.1 Å². The molecule has 0 amide bonds. The molecule has 2 nitrogen and oxygen atoms in total. The smallest absolute Gasteiger partial charge is 0.154 e. The van der Waals surface area contributed by atoms with Crippen LogP contribution in [0, 0.1) is 0 Å². The largest absolute Gasteiger partial charge is 0.220 e. The van der Waals surface area contributed by atoms with E-state index in [1.165, 1.54) is 11.5 Å². The summed E-state index contributed by atoms with van der Waals surface area (Å²) >= 11 is 1.37. The second-order valence-electron chi connectivity index (χ2n) is 2.38. The Morgan fingerprint density at radius 2 is 1.92 bits per heavy atom. The van der Waals surface area contributed by atoms with Crippen molar-refractivity contribution in [3.63, 3.8) is 0 Å². The molecule has 0 spiro atoms. The molecule has 1 aromatic carbocycles. The Hall–Kier alpha value is -0.467. The summed E-state index contributed by atoms with van der Waals surface area (Å²) in [4.78, 5) is 0. The van der Waals surface area contributed by atoms with E-state index in [9.17, 15) is 0 Å². The number of rotatable bonds is 2. The Morgan fingerprint density at radius 3 is 2.54 bits per heavy atom. The molecule has 0 aliphatic rings. The van der Waals surface area contributed by atoms with E-state index in [4.69, 9.17) is 0 Å². The maximum atomic E-state index is 3.92. The first-order valence-electron chi connectivity index (χ1n) is 3.62. The van der Waals surface area contributed by atoms with E-state index in [-0.39, 0.29) is 21.1 Å². The fourth-order valence-electron chi connectivity index (χ4n) is 0.955. The molecule has 0 bridgehead atoms. The van der Waals surface area contributed by atoms with Crippen molar-refractivity contribution in [1.29, 1.82) is 0 Å². The number of hydrogen-bond acceptors (Lipinski definition) is 3. The maximum Gasteiger partial charge on any atom is 0.220 e. The van der Waals surface area contributed by atoms with E-state index in [1.807, 2.05) is 43.0 Å². The molecule has 1 heterocycles. The summed E-state index contributed by atoms with van der Waals surface area (Å²) in [5.74, 6) is 0. The molecule has 0 aliphatic heterocycles. The molecule has 63 valence electrons. The molecule has 1 radical (unpaired) electrons. The number of benzene rings is 1. The predicted molar refractivity (Wildman–Crippen MR) is 51.4 cm³/mol. The zero-order valence-corrected chi connectivity index (χ0v) is 9.58. The van der Waals surface area contributed by atoms with Gasteiger partial charge in [0.2, 0.25) is 7.28 Å². The van der Waals surface area contributed by atoms with Crippen molar-refractivity contribution < 1.29 is 21.1 Å². The van der Waals surface area contributed by atoms with Gasteiger partial charge in [-0.3, -0.25) is 0 Å². The topological polar surface area (TPSA) is 25.8 Å². The van der Waals surface area contributed by atoms with Crippen LogP contribution in [0.3, 0.4) is 0 Å². The molecule has 0 aliphatic carbocycles. The fraction of sp³-hybridized carbons (Fsp3) is 0. The van der Waals surface area contributed by atoms with Gasteiger partial charge in [0, 0.05) is 32.0 Å². The first-order valence-corrected chi connectivity index (χ1v) is 4.46. The summed E-state index contributed by atoms with van der Waals surface area (Å²) < 4.78 is 3.78. The standard InChI is InChI=1S/C8H6BN2S.Mo/c1-2-4-7(5-3-1)9-8-6-12-11-10-8;/h1-6H;. The van der Waals surface area contributed by atoms with E-state index in [0.29, 0.717) is 0 Å². The summed E-state index contributed by atoms with van der Waals surface area (Å²) in [7, 11) is 2.00. The van der Waals surface area contributed by atoms with Gasteiger partial charge in [0.1, 0.15) is 0 Å². The van der Waals surface area contributed by atoms with Crippen molar-refractivity contribution in [1.82, 2.24) is 9.59 Å². The van der Waals surface area contributed by atoms with Crippen molar-refractivity contribution in [2.75, 3.05) is 0 Å². The zero-order valence-electron chi connectivity index (χ0n) is 6.75. The van der Waals surface area contributed by atoms with E-state index < -0.39 is 0 Å². The molecule has 5 heteroatoms. The number of hydrogen-bond donors (Lipinski definition) is 0. The van der Waals surface area contributed by atoms with Gasteiger partial charge in [-0.15, -0.1) is 0 Å². The third kappa shape index (κ3) is 3.05. The van der Waals surface area contributed by atoms with Gasteiger partial charge in [-0.2, -0.15) is 5.10 Å². The molecule has 1 aromatic heterocycles. The van der Waals surface area contributed by atoms with Crippen LogP contribution in [0.1, 0.15) is 0 Å². The summed E-state index contributed by atoms with van der Waals surface area (Å²) in [6.07, 6.45) is 0. The molecule has 2 aromatic rings. The van der Waals surface area contributed by atoms with Crippen LogP contribution in [-0.4, -0.2) is 16.9 Å². The molecule has 0 saturated heterocycles. The molecule has 2 rings (SSSR count). The van der Waals surface area contributed by atoms with Gasteiger partial charge in [-0.05, 0) is 11.5 Å². The molecule has 0 N–H and O–H groups in total. The van der Waals surface area contributed by atoms with Gasteiger partial charge in [0.25, 0.3) is 0 Å². The Kier molecular flexibility index (Phi) is 4.33. The van der Waals surface area contributed by atoms with Gasteiger partial charge in [-0.1, -0.05) is 40.3 Å². The average Bonchev–Trinajstić information content (AvgIpc) is 2.59. The Balaban J connectivity index is 0.000000845. The van der Waals surface area contributed by atoms with Gasteiger partial charge in [-0.25, -0.2) is 0 Å². The first-order chi connectivity index (χ1) is 5.95. The van der Waals surface area contributed by atoms with Gasteiger partial charge in [0.05, 0.1) is 0 Å². The van der Waals surface area contributed by atoms with Crippen molar-refractivity contribution in [2.45, 2.75) is 0 Å². The first kappa shape index (κ1) is 10.6. The number of aromatic nitrogens is 2. The zero-order chi connectivity index (χ0) is 8.23. The van der Waals surface area contributed by atoms with Crippen molar-refractivity contribution >= 4 is 29.9 Å². The van der Waals surface area contributed by atoms with Crippen molar-refractivity contribution in [3.05, 3.63) is 35.7 Å². The van der Waals surface area contributed by atoms with Crippen LogP contribution in [0.5, 0.6) is 0 Å². The van der Waals surface area contributed by atoms with Crippen LogP contribution in [0.2, 0.25) is 0 Å².